The number of hydrogen-bond acceptors (Lipinski definition) is 5. The number of hydrogen-bond donors (Lipinski definition) is 5. The second kappa shape index (κ2) is 10.9. The Morgan fingerprint density at radius 3 is 2.81 bits per heavy atom. The molecule has 0 bridgehead atoms. The number of carbonyl (C=O) groups excluding carboxylic acids is 1. The number of anilines is 2. The molecule has 1 aromatic heterocycles. The van der Waals surface area contributed by atoms with Crippen LogP contribution in [0.2, 0.25) is 0 Å². The Kier molecular flexibility index (Phi) is 7.73. The molecule has 31 heavy (non-hydrogen) atoms. The number of carbonyl (C=O) groups is 1. The van der Waals surface area contributed by atoms with Crippen molar-refractivity contribution >= 4 is 23.8 Å². The fraction of sp³-hybridized carbons (Fsp3) is 0.208. The number of nitrogens with one attached hydrogen (secondary N) is 5. The van der Waals surface area contributed by atoms with Gasteiger partial charge in [-0.3, -0.25) is 5.32 Å². The molecular formula is C24H28N6O. The third-order valence-corrected chi connectivity index (χ3v) is 4.92. The first kappa shape index (κ1) is 22.0. The molecule has 2 atom stereocenters. The van der Waals surface area contributed by atoms with Crippen molar-refractivity contribution < 1.29 is 4.79 Å². The Bertz CT molecular complexity index is 983. The molecule has 1 saturated heterocycles. The van der Waals surface area contributed by atoms with Crippen molar-refractivity contribution in [2.45, 2.75) is 25.4 Å². The highest BCUT2D eigenvalue weighted by molar-refractivity contribution is 5.92. The monoisotopic (exact) mass is 416 g/mol. The average molecular weight is 417 g/mol. The van der Waals surface area contributed by atoms with E-state index in [2.05, 4.69) is 45.0 Å². The fourth-order valence-electron chi connectivity index (χ4n) is 3.49. The first-order valence-corrected chi connectivity index (χ1v) is 10.2. The Labute approximate surface area is 182 Å². The van der Waals surface area contributed by atoms with Crippen molar-refractivity contribution in [3.8, 4) is 0 Å². The highest BCUT2D eigenvalue weighted by Gasteiger charge is 2.26. The minimum absolute atomic E-state index is 0.0285. The van der Waals surface area contributed by atoms with Crippen LogP contribution < -0.4 is 21.3 Å². The van der Waals surface area contributed by atoms with Gasteiger partial charge in [0.05, 0.1) is 11.9 Å². The third-order valence-electron chi connectivity index (χ3n) is 4.92. The standard InChI is InChI=1S/C24H28N6O/c1-3-8-19(9-4-2)28-22-16-27-23(12-18(22)14-25)30-24(31)29-20-13-21(26-15-20)17-10-6-5-7-11-17/h3-12,14,16,20-21,25-26,28H,1,13,15H2,2H3,(H2,27,29,30,31)/b9-4-,19-8+,25-14?. The lowest BCUT2D eigenvalue weighted by Crippen LogP contribution is -2.39. The summed E-state index contributed by atoms with van der Waals surface area (Å²) in [4.78, 5) is 16.8. The molecule has 1 fully saturated rings. The first-order valence-electron chi connectivity index (χ1n) is 10.2. The van der Waals surface area contributed by atoms with Crippen molar-refractivity contribution in [3.63, 3.8) is 0 Å². The summed E-state index contributed by atoms with van der Waals surface area (Å²) < 4.78 is 0. The smallest absolute Gasteiger partial charge is 0.320 e. The van der Waals surface area contributed by atoms with Crippen LogP contribution >= 0.6 is 0 Å². The maximum absolute atomic E-state index is 12.5. The maximum Gasteiger partial charge on any atom is 0.320 e. The molecule has 2 heterocycles. The molecule has 1 aliphatic rings. The van der Waals surface area contributed by atoms with Gasteiger partial charge in [-0.25, -0.2) is 9.78 Å². The summed E-state index contributed by atoms with van der Waals surface area (Å²) in [6, 6.07) is 11.8. The second-order valence-electron chi connectivity index (χ2n) is 7.19. The van der Waals surface area contributed by atoms with Gasteiger partial charge in [0.2, 0.25) is 0 Å². The second-order valence-corrected chi connectivity index (χ2v) is 7.19. The number of allylic oxidation sites excluding steroid dienone is 4. The number of nitrogens with zero attached hydrogens (tertiary/aromatic N) is 1. The average Bonchev–Trinajstić information content (AvgIpc) is 3.24. The van der Waals surface area contributed by atoms with Gasteiger partial charge in [-0.15, -0.1) is 0 Å². The van der Waals surface area contributed by atoms with Gasteiger partial charge in [0.1, 0.15) is 5.82 Å². The predicted molar refractivity (Wildman–Crippen MR) is 127 cm³/mol. The molecule has 160 valence electrons. The van der Waals surface area contributed by atoms with Gasteiger partial charge >= 0.3 is 6.03 Å². The molecule has 2 unspecified atom stereocenters. The number of amides is 2. The summed E-state index contributed by atoms with van der Waals surface area (Å²) in [7, 11) is 0. The van der Waals surface area contributed by atoms with E-state index < -0.39 is 0 Å². The van der Waals surface area contributed by atoms with Crippen LogP contribution in [0.5, 0.6) is 0 Å². The van der Waals surface area contributed by atoms with Gasteiger partial charge in [-0.2, -0.15) is 0 Å². The maximum atomic E-state index is 12.5. The Balaban J connectivity index is 1.59. The zero-order valence-corrected chi connectivity index (χ0v) is 17.6. The van der Waals surface area contributed by atoms with Crippen molar-refractivity contribution in [2.75, 3.05) is 17.2 Å². The number of rotatable bonds is 8. The predicted octanol–water partition coefficient (Wildman–Crippen LogP) is 4.36. The molecule has 0 radical (unpaired) electrons. The molecular weight excluding hydrogens is 388 g/mol. The quantitative estimate of drug-likeness (QED) is 0.326. The molecule has 2 aromatic rings. The van der Waals surface area contributed by atoms with Crippen molar-refractivity contribution in [2.24, 2.45) is 0 Å². The lowest BCUT2D eigenvalue weighted by molar-refractivity contribution is 0.249. The number of urea groups is 1. The van der Waals surface area contributed by atoms with E-state index in [4.69, 9.17) is 5.41 Å². The molecule has 0 aliphatic carbocycles. The van der Waals surface area contributed by atoms with Gasteiger partial charge in [0, 0.05) is 36.1 Å². The van der Waals surface area contributed by atoms with Gasteiger partial charge in [-0.05, 0) is 37.1 Å². The van der Waals surface area contributed by atoms with E-state index in [1.165, 1.54) is 11.8 Å². The topological polar surface area (TPSA) is 102 Å². The normalized spacial score (nSPS) is 18.5. The highest BCUT2D eigenvalue weighted by atomic mass is 16.2. The molecule has 1 aromatic carbocycles. The summed E-state index contributed by atoms with van der Waals surface area (Å²) in [6.45, 7) is 6.33. The van der Waals surface area contributed by atoms with Crippen LogP contribution in [0.3, 0.4) is 0 Å². The van der Waals surface area contributed by atoms with Crippen molar-refractivity contribution in [3.05, 3.63) is 90.3 Å². The zero-order valence-electron chi connectivity index (χ0n) is 17.6. The van der Waals surface area contributed by atoms with E-state index in [0.29, 0.717) is 23.6 Å². The van der Waals surface area contributed by atoms with Crippen LogP contribution in [0.1, 0.15) is 30.5 Å². The first-order chi connectivity index (χ1) is 15.1. The Morgan fingerprint density at radius 1 is 1.29 bits per heavy atom. The van der Waals surface area contributed by atoms with Crippen molar-refractivity contribution in [1.29, 1.82) is 5.41 Å². The van der Waals surface area contributed by atoms with E-state index in [1.54, 1.807) is 18.3 Å². The molecule has 2 amide bonds. The molecule has 5 N–H and O–H groups in total. The largest absolute Gasteiger partial charge is 0.354 e. The summed E-state index contributed by atoms with van der Waals surface area (Å²) >= 11 is 0. The van der Waals surface area contributed by atoms with E-state index in [9.17, 15) is 4.79 Å². The summed E-state index contributed by atoms with van der Waals surface area (Å²) in [5.74, 6) is 0.382. The summed E-state index contributed by atoms with van der Waals surface area (Å²) in [6.07, 6.45) is 10.9. The van der Waals surface area contributed by atoms with Gasteiger partial charge in [-0.1, -0.05) is 49.1 Å². The number of aromatic nitrogens is 1. The van der Waals surface area contributed by atoms with Crippen LogP contribution in [0.25, 0.3) is 0 Å². The van der Waals surface area contributed by atoms with Gasteiger partial charge in [0.15, 0.2) is 0 Å². The van der Waals surface area contributed by atoms with Crippen LogP contribution in [0, 0.1) is 5.41 Å². The van der Waals surface area contributed by atoms with Crippen LogP contribution in [0.4, 0.5) is 16.3 Å². The van der Waals surface area contributed by atoms with E-state index in [0.717, 1.165) is 12.1 Å². The number of benzene rings is 1. The lowest BCUT2D eigenvalue weighted by atomic mass is 10.0. The molecule has 0 saturated carbocycles. The van der Waals surface area contributed by atoms with Crippen LogP contribution in [-0.4, -0.2) is 29.8 Å². The molecule has 0 spiro atoms. The molecule has 1 aliphatic heterocycles. The van der Waals surface area contributed by atoms with Gasteiger partial charge in [0.25, 0.3) is 0 Å². The fourth-order valence-corrected chi connectivity index (χ4v) is 3.49. The third kappa shape index (κ3) is 6.13. The molecule has 7 heteroatoms. The minimum atomic E-state index is -0.314. The zero-order chi connectivity index (χ0) is 22.1. The SMILES string of the molecule is C=C/C=C(\C=C/C)Nc1cnc(NC(=O)NC2CNC(c3ccccc3)C2)cc1C=N. The van der Waals surface area contributed by atoms with E-state index in [1.807, 2.05) is 43.4 Å². The Morgan fingerprint density at radius 2 is 2.10 bits per heavy atom. The highest BCUT2D eigenvalue weighted by Crippen LogP contribution is 2.23. The van der Waals surface area contributed by atoms with E-state index in [-0.39, 0.29) is 18.1 Å². The van der Waals surface area contributed by atoms with E-state index >= 15 is 0 Å². The summed E-state index contributed by atoms with van der Waals surface area (Å²) in [5, 5.41) is 20.1. The van der Waals surface area contributed by atoms with Gasteiger partial charge < -0.3 is 21.4 Å². The molecule has 7 nitrogen and oxygen atoms in total. The Hall–Kier alpha value is -3.71. The lowest BCUT2D eigenvalue weighted by Gasteiger charge is -2.15. The minimum Gasteiger partial charge on any atom is -0.354 e. The molecule has 3 rings (SSSR count). The van der Waals surface area contributed by atoms with Crippen molar-refractivity contribution in [1.82, 2.24) is 15.6 Å². The van der Waals surface area contributed by atoms with Crippen LogP contribution in [-0.2, 0) is 0 Å². The van der Waals surface area contributed by atoms with Crippen LogP contribution in [0.15, 0.2) is 79.2 Å². The summed E-state index contributed by atoms with van der Waals surface area (Å²) in [5.41, 5.74) is 3.31. The number of pyridine rings is 1.